The van der Waals surface area contributed by atoms with Crippen molar-refractivity contribution in [1.29, 1.82) is 0 Å². The molecule has 0 atom stereocenters. The monoisotopic (exact) mass is 279 g/mol. The minimum absolute atomic E-state index is 0.167. The molecule has 2 aromatic heterocycles. The van der Waals surface area contributed by atoms with Crippen LogP contribution in [-0.2, 0) is 4.65 Å². The van der Waals surface area contributed by atoms with Crippen molar-refractivity contribution in [2.45, 2.75) is 33.3 Å². The van der Waals surface area contributed by atoms with Crippen molar-refractivity contribution in [1.82, 2.24) is 9.97 Å². The molecule has 2 heterocycles. The van der Waals surface area contributed by atoms with Gasteiger partial charge in [-0.05, 0) is 31.9 Å². The molecule has 0 fully saturated rings. The Morgan fingerprint density at radius 2 is 1.95 bits per heavy atom. The number of hydrogen-bond donors (Lipinski definition) is 1. The van der Waals surface area contributed by atoms with Gasteiger partial charge in [0.25, 0.3) is 0 Å². The maximum atomic E-state index is 5.95. The lowest BCUT2D eigenvalue weighted by molar-refractivity contribution is 0.0668. The SMILES string of the molecule is CC(C)C(C)(C)O[B]c1ccc2c(c1)[nH]c1ccncc12. The normalized spacial score (nSPS) is 12.4. The highest BCUT2D eigenvalue weighted by Gasteiger charge is 2.23. The van der Waals surface area contributed by atoms with Crippen molar-refractivity contribution < 1.29 is 4.65 Å². The van der Waals surface area contributed by atoms with Crippen LogP contribution in [0.15, 0.2) is 36.7 Å². The molecule has 107 valence electrons. The Kier molecular flexibility index (Phi) is 3.50. The van der Waals surface area contributed by atoms with Gasteiger partial charge in [-0.15, -0.1) is 0 Å². The highest BCUT2D eigenvalue weighted by molar-refractivity contribution is 6.47. The van der Waals surface area contributed by atoms with E-state index in [1.165, 1.54) is 5.39 Å². The Morgan fingerprint density at radius 3 is 2.71 bits per heavy atom. The molecule has 21 heavy (non-hydrogen) atoms. The van der Waals surface area contributed by atoms with Gasteiger partial charge in [0.1, 0.15) is 0 Å². The fraction of sp³-hybridized carbons (Fsp3) is 0.353. The predicted octanol–water partition coefficient (Wildman–Crippen LogP) is 3.41. The third kappa shape index (κ3) is 2.68. The summed E-state index contributed by atoms with van der Waals surface area (Å²) in [5.74, 6) is 0.455. The number of aromatic nitrogens is 2. The highest BCUT2D eigenvalue weighted by atomic mass is 16.5. The van der Waals surface area contributed by atoms with Crippen LogP contribution < -0.4 is 5.46 Å². The summed E-state index contributed by atoms with van der Waals surface area (Å²) in [5.41, 5.74) is 3.12. The molecular weight excluding hydrogens is 259 g/mol. The second-order valence-electron chi connectivity index (χ2n) is 6.35. The van der Waals surface area contributed by atoms with Crippen LogP contribution in [0.1, 0.15) is 27.7 Å². The van der Waals surface area contributed by atoms with Gasteiger partial charge in [0, 0.05) is 39.8 Å². The summed E-state index contributed by atoms with van der Waals surface area (Å²) in [4.78, 5) is 7.62. The van der Waals surface area contributed by atoms with E-state index in [2.05, 4.69) is 55.9 Å². The van der Waals surface area contributed by atoms with Gasteiger partial charge < -0.3 is 9.64 Å². The van der Waals surface area contributed by atoms with Gasteiger partial charge in [0.15, 0.2) is 0 Å². The maximum absolute atomic E-state index is 5.95. The van der Waals surface area contributed by atoms with Gasteiger partial charge in [-0.3, -0.25) is 4.98 Å². The Hall–Kier alpha value is -1.81. The van der Waals surface area contributed by atoms with Crippen LogP contribution in [0.2, 0.25) is 0 Å². The van der Waals surface area contributed by atoms with E-state index in [1.54, 1.807) is 6.20 Å². The standard InChI is InChI=1S/C17H20BN2O/c1-11(2)17(3,4)21-18-12-5-6-13-14-10-19-8-7-15(14)20-16(13)9-12/h5-11,20H,1-4H3. The molecule has 1 aromatic carbocycles. The second kappa shape index (κ2) is 5.19. The second-order valence-corrected chi connectivity index (χ2v) is 6.35. The van der Waals surface area contributed by atoms with E-state index in [0.717, 1.165) is 21.9 Å². The molecule has 0 spiro atoms. The van der Waals surface area contributed by atoms with E-state index < -0.39 is 0 Å². The molecule has 0 aliphatic carbocycles. The number of rotatable bonds is 4. The lowest BCUT2D eigenvalue weighted by Gasteiger charge is -2.30. The Bertz CT molecular complexity index is 777. The predicted molar refractivity (Wildman–Crippen MR) is 89.0 cm³/mol. The summed E-state index contributed by atoms with van der Waals surface area (Å²) in [5, 5.41) is 2.35. The van der Waals surface area contributed by atoms with Crippen molar-refractivity contribution in [3.63, 3.8) is 0 Å². The molecule has 3 rings (SSSR count). The Morgan fingerprint density at radius 1 is 1.14 bits per heavy atom. The summed E-state index contributed by atoms with van der Waals surface area (Å²) in [7, 11) is 1.85. The Labute approximate surface area is 126 Å². The zero-order valence-corrected chi connectivity index (χ0v) is 13.0. The van der Waals surface area contributed by atoms with Gasteiger partial charge in [-0.2, -0.15) is 0 Å². The van der Waals surface area contributed by atoms with E-state index in [1.807, 2.05) is 19.7 Å². The smallest absolute Gasteiger partial charge is 0.330 e. The summed E-state index contributed by atoms with van der Waals surface area (Å²) in [6.07, 6.45) is 3.70. The van der Waals surface area contributed by atoms with Crippen molar-refractivity contribution in [2.75, 3.05) is 0 Å². The molecular formula is C17H20BN2O. The number of aromatic amines is 1. The van der Waals surface area contributed by atoms with E-state index in [9.17, 15) is 0 Å². The van der Waals surface area contributed by atoms with E-state index >= 15 is 0 Å². The lowest BCUT2D eigenvalue weighted by atomic mass is 9.84. The fourth-order valence-corrected chi connectivity index (χ4v) is 2.19. The number of benzene rings is 1. The summed E-state index contributed by atoms with van der Waals surface area (Å²) in [6.45, 7) is 8.56. The number of nitrogens with zero attached hydrogens (tertiary/aromatic N) is 1. The Balaban J connectivity index is 1.89. The maximum Gasteiger partial charge on any atom is 0.330 e. The van der Waals surface area contributed by atoms with Crippen molar-refractivity contribution >= 4 is 34.8 Å². The number of nitrogens with one attached hydrogen (secondary N) is 1. The van der Waals surface area contributed by atoms with Gasteiger partial charge in [0.2, 0.25) is 0 Å². The summed E-state index contributed by atoms with van der Waals surface area (Å²) >= 11 is 0. The molecule has 0 bridgehead atoms. The molecule has 0 amide bonds. The highest BCUT2D eigenvalue weighted by Crippen LogP contribution is 2.23. The van der Waals surface area contributed by atoms with Gasteiger partial charge in [-0.25, -0.2) is 0 Å². The van der Waals surface area contributed by atoms with Crippen LogP contribution in [0.5, 0.6) is 0 Å². The first-order chi connectivity index (χ1) is 9.97. The zero-order valence-electron chi connectivity index (χ0n) is 13.0. The van der Waals surface area contributed by atoms with Crippen LogP contribution >= 0.6 is 0 Å². The first-order valence-corrected chi connectivity index (χ1v) is 7.34. The van der Waals surface area contributed by atoms with Crippen LogP contribution in [0.4, 0.5) is 0 Å². The molecule has 0 aliphatic rings. The summed E-state index contributed by atoms with van der Waals surface area (Å²) < 4.78 is 5.95. The number of H-pyrrole nitrogens is 1. The van der Waals surface area contributed by atoms with E-state index in [4.69, 9.17) is 4.65 Å². The topological polar surface area (TPSA) is 37.9 Å². The van der Waals surface area contributed by atoms with Crippen LogP contribution in [0.3, 0.4) is 0 Å². The summed E-state index contributed by atoms with van der Waals surface area (Å²) in [6, 6.07) is 8.31. The van der Waals surface area contributed by atoms with Crippen molar-refractivity contribution in [3.8, 4) is 0 Å². The van der Waals surface area contributed by atoms with Crippen molar-refractivity contribution in [2.24, 2.45) is 5.92 Å². The van der Waals surface area contributed by atoms with E-state index in [-0.39, 0.29) is 5.60 Å². The number of hydrogen-bond acceptors (Lipinski definition) is 2. The molecule has 0 aliphatic heterocycles. The molecule has 1 radical (unpaired) electrons. The third-order valence-corrected chi connectivity index (χ3v) is 4.31. The first kappa shape index (κ1) is 14.1. The third-order valence-electron chi connectivity index (χ3n) is 4.31. The van der Waals surface area contributed by atoms with Gasteiger partial charge in [0.05, 0.1) is 0 Å². The molecule has 4 heteroatoms. The van der Waals surface area contributed by atoms with E-state index in [0.29, 0.717) is 5.92 Å². The minimum Gasteiger partial charge on any atom is -0.429 e. The quantitative estimate of drug-likeness (QED) is 0.743. The van der Waals surface area contributed by atoms with Crippen LogP contribution in [-0.4, -0.2) is 23.1 Å². The van der Waals surface area contributed by atoms with Crippen LogP contribution in [0.25, 0.3) is 21.8 Å². The number of fused-ring (bicyclic) bond motifs is 3. The molecule has 3 nitrogen and oxygen atoms in total. The number of pyridine rings is 1. The minimum atomic E-state index is -0.167. The molecule has 0 saturated heterocycles. The van der Waals surface area contributed by atoms with Gasteiger partial charge in [-0.1, -0.05) is 31.4 Å². The molecule has 1 N–H and O–H groups in total. The van der Waals surface area contributed by atoms with Crippen molar-refractivity contribution in [3.05, 3.63) is 36.7 Å². The average molecular weight is 279 g/mol. The lowest BCUT2D eigenvalue weighted by Crippen LogP contribution is -2.36. The molecule has 0 unspecified atom stereocenters. The van der Waals surface area contributed by atoms with Gasteiger partial charge >= 0.3 is 7.48 Å². The first-order valence-electron chi connectivity index (χ1n) is 7.34. The zero-order chi connectivity index (χ0) is 15.0. The van der Waals surface area contributed by atoms with Crippen LogP contribution in [0, 0.1) is 5.92 Å². The largest absolute Gasteiger partial charge is 0.429 e. The molecule has 3 aromatic rings. The average Bonchev–Trinajstić information content (AvgIpc) is 2.82. The molecule has 0 saturated carbocycles. The fourth-order valence-electron chi connectivity index (χ4n) is 2.19.